The highest BCUT2D eigenvalue weighted by Gasteiger charge is 2.49. The molecule has 0 saturated heterocycles. The average Bonchev–Trinajstić information content (AvgIpc) is 2.45. The van der Waals surface area contributed by atoms with E-state index in [-0.39, 0.29) is 5.97 Å². The lowest BCUT2D eigenvalue weighted by atomic mass is 9.50. The van der Waals surface area contributed by atoms with Crippen LogP contribution in [0.3, 0.4) is 0 Å². The molecule has 0 aromatic rings. The van der Waals surface area contributed by atoms with Crippen LogP contribution in [-0.2, 0) is 9.53 Å². The monoisotopic (exact) mass is 320 g/mol. The second-order valence-electron chi connectivity index (χ2n) is 9.03. The van der Waals surface area contributed by atoms with Crippen molar-refractivity contribution in [2.75, 3.05) is 7.11 Å². The summed E-state index contributed by atoms with van der Waals surface area (Å²) in [5.74, 6) is 1.15. The number of fused-ring (bicyclic) bond motifs is 1. The van der Waals surface area contributed by atoms with Crippen molar-refractivity contribution in [1.29, 1.82) is 0 Å². The third-order valence-corrected chi connectivity index (χ3v) is 6.87. The van der Waals surface area contributed by atoms with E-state index in [9.17, 15) is 4.79 Å². The molecular weight excluding hydrogens is 284 g/mol. The predicted octanol–water partition coefficient (Wildman–Crippen LogP) is 5.91. The van der Waals surface area contributed by atoms with E-state index in [2.05, 4.69) is 34.6 Å². The summed E-state index contributed by atoms with van der Waals surface area (Å²) in [6.45, 7) is 12.0. The highest BCUT2D eigenvalue weighted by molar-refractivity contribution is 5.69. The zero-order chi connectivity index (χ0) is 17.3. The van der Waals surface area contributed by atoms with Crippen LogP contribution in [-0.4, -0.2) is 13.1 Å². The van der Waals surface area contributed by atoms with Gasteiger partial charge in [-0.05, 0) is 68.1 Å². The van der Waals surface area contributed by atoms with Crippen molar-refractivity contribution in [1.82, 2.24) is 0 Å². The molecule has 0 heterocycles. The molecule has 2 rings (SSSR count). The van der Waals surface area contributed by atoms with Gasteiger partial charge in [-0.2, -0.15) is 0 Å². The number of esters is 1. The summed E-state index contributed by atoms with van der Waals surface area (Å²) in [5.41, 5.74) is 4.20. The Kier molecular flexibility index (Phi) is 5.63. The van der Waals surface area contributed by atoms with Crippen molar-refractivity contribution in [2.24, 2.45) is 22.7 Å². The van der Waals surface area contributed by atoms with Crippen LogP contribution in [0.15, 0.2) is 11.1 Å². The minimum absolute atomic E-state index is 0.0743. The van der Waals surface area contributed by atoms with Crippen LogP contribution in [0.25, 0.3) is 0 Å². The highest BCUT2D eigenvalue weighted by atomic mass is 16.5. The topological polar surface area (TPSA) is 26.3 Å². The van der Waals surface area contributed by atoms with Gasteiger partial charge < -0.3 is 4.74 Å². The molecule has 0 aromatic heterocycles. The van der Waals surface area contributed by atoms with Gasteiger partial charge in [-0.1, -0.05) is 45.3 Å². The molecule has 0 bridgehead atoms. The van der Waals surface area contributed by atoms with Crippen molar-refractivity contribution in [3.05, 3.63) is 11.1 Å². The van der Waals surface area contributed by atoms with Crippen molar-refractivity contribution in [2.45, 2.75) is 86.0 Å². The molecule has 0 N–H and O–H groups in total. The number of hydrogen-bond acceptors (Lipinski definition) is 2. The molecule has 0 unspecified atom stereocenters. The number of carbonyl (C=O) groups excluding carboxylic acids is 1. The Hall–Kier alpha value is -0.790. The fourth-order valence-corrected chi connectivity index (χ4v) is 5.55. The van der Waals surface area contributed by atoms with Crippen molar-refractivity contribution in [3.63, 3.8) is 0 Å². The van der Waals surface area contributed by atoms with Gasteiger partial charge in [0.2, 0.25) is 0 Å². The van der Waals surface area contributed by atoms with E-state index in [4.69, 9.17) is 4.74 Å². The van der Waals surface area contributed by atoms with Gasteiger partial charge in [-0.3, -0.25) is 4.79 Å². The fraction of sp³-hybridized carbons (Fsp3) is 0.857. The number of ether oxygens (including phenoxy) is 1. The second kappa shape index (κ2) is 6.99. The largest absolute Gasteiger partial charge is 0.469 e. The van der Waals surface area contributed by atoms with Crippen LogP contribution in [0.1, 0.15) is 86.0 Å². The lowest BCUT2D eigenvalue weighted by molar-refractivity contribution is -0.141. The lowest BCUT2D eigenvalue weighted by Crippen LogP contribution is -2.45. The molecule has 3 atom stereocenters. The number of methoxy groups -OCH3 is 1. The van der Waals surface area contributed by atoms with Gasteiger partial charge in [0.25, 0.3) is 0 Å². The van der Waals surface area contributed by atoms with Crippen LogP contribution in [0.2, 0.25) is 0 Å². The summed E-state index contributed by atoms with van der Waals surface area (Å²) in [7, 11) is 1.48. The minimum atomic E-state index is -0.0743. The summed E-state index contributed by atoms with van der Waals surface area (Å²) in [6, 6.07) is 0. The minimum Gasteiger partial charge on any atom is -0.469 e. The summed E-state index contributed by atoms with van der Waals surface area (Å²) in [5, 5.41) is 0. The lowest BCUT2D eigenvalue weighted by Gasteiger charge is -2.55. The van der Waals surface area contributed by atoms with E-state index in [0.29, 0.717) is 23.2 Å². The van der Waals surface area contributed by atoms with Crippen molar-refractivity contribution in [3.8, 4) is 0 Å². The van der Waals surface area contributed by atoms with Crippen LogP contribution >= 0.6 is 0 Å². The Balaban J connectivity index is 2.11. The molecule has 0 aromatic carbocycles. The van der Waals surface area contributed by atoms with Crippen LogP contribution in [0.4, 0.5) is 0 Å². The van der Waals surface area contributed by atoms with E-state index in [0.717, 1.165) is 18.8 Å². The molecule has 0 aliphatic heterocycles. The second-order valence-corrected chi connectivity index (χ2v) is 9.03. The first-order chi connectivity index (χ1) is 10.7. The average molecular weight is 321 g/mol. The Morgan fingerprint density at radius 2 is 2.00 bits per heavy atom. The molecule has 2 heteroatoms. The molecule has 0 amide bonds. The van der Waals surface area contributed by atoms with E-state index < -0.39 is 0 Å². The van der Waals surface area contributed by atoms with Gasteiger partial charge in [-0.15, -0.1) is 0 Å². The van der Waals surface area contributed by atoms with E-state index in [1.165, 1.54) is 39.2 Å². The first-order valence-electron chi connectivity index (χ1n) is 9.46. The maximum atomic E-state index is 11.5. The van der Waals surface area contributed by atoms with Crippen molar-refractivity contribution < 1.29 is 9.53 Å². The Labute approximate surface area is 143 Å². The van der Waals surface area contributed by atoms with E-state index in [1.807, 2.05) is 0 Å². The number of rotatable bonds is 5. The Morgan fingerprint density at radius 3 is 2.65 bits per heavy atom. The van der Waals surface area contributed by atoms with Gasteiger partial charge in [-0.25, -0.2) is 0 Å². The summed E-state index contributed by atoms with van der Waals surface area (Å²) >= 11 is 0. The van der Waals surface area contributed by atoms with Crippen molar-refractivity contribution >= 4 is 5.97 Å². The zero-order valence-electron chi connectivity index (χ0n) is 16.1. The van der Waals surface area contributed by atoms with Crippen LogP contribution < -0.4 is 0 Å². The zero-order valence-corrected chi connectivity index (χ0v) is 16.1. The SMILES string of the molecule is COC(=O)C[C@H](C)CCC1=C(C)CC[C@@H]2C(C)(C)CCC[C@]12C. The normalized spacial score (nSPS) is 31.5. The molecule has 2 aliphatic rings. The van der Waals surface area contributed by atoms with E-state index >= 15 is 0 Å². The van der Waals surface area contributed by atoms with E-state index in [1.54, 1.807) is 11.1 Å². The number of allylic oxidation sites excluding steroid dienone is 2. The first kappa shape index (κ1) is 18.5. The molecule has 1 fully saturated rings. The fourth-order valence-electron chi connectivity index (χ4n) is 5.55. The smallest absolute Gasteiger partial charge is 0.305 e. The Bertz CT molecular complexity index is 474. The molecule has 23 heavy (non-hydrogen) atoms. The molecule has 1 saturated carbocycles. The van der Waals surface area contributed by atoms with Gasteiger partial charge in [0.05, 0.1) is 7.11 Å². The van der Waals surface area contributed by atoms with Gasteiger partial charge in [0.1, 0.15) is 0 Å². The summed E-state index contributed by atoms with van der Waals surface area (Å²) < 4.78 is 4.82. The maximum Gasteiger partial charge on any atom is 0.305 e. The Morgan fingerprint density at radius 1 is 1.30 bits per heavy atom. The summed E-state index contributed by atoms with van der Waals surface area (Å²) in [4.78, 5) is 11.5. The third-order valence-electron chi connectivity index (χ3n) is 6.87. The molecule has 2 aliphatic carbocycles. The summed E-state index contributed by atoms with van der Waals surface area (Å²) in [6.07, 6.45) is 9.51. The molecule has 132 valence electrons. The molecule has 0 spiro atoms. The molecule has 2 nitrogen and oxygen atoms in total. The highest BCUT2D eigenvalue weighted by Crippen LogP contribution is 2.60. The molecule has 0 radical (unpaired) electrons. The predicted molar refractivity (Wildman–Crippen MR) is 96.2 cm³/mol. The number of carbonyl (C=O) groups is 1. The van der Waals surface area contributed by atoms with Gasteiger partial charge in [0.15, 0.2) is 0 Å². The van der Waals surface area contributed by atoms with Gasteiger partial charge in [0, 0.05) is 6.42 Å². The quantitative estimate of drug-likeness (QED) is 0.465. The third kappa shape index (κ3) is 3.83. The number of hydrogen-bond donors (Lipinski definition) is 0. The first-order valence-corrected chi connectivity index (χ1v) is 9.46. The van der Waals surface area contributed by atoms with Gasteiger partial charge >= 0.3 is 5.97 Å². The van der Waals surface area contributed by atoms with Crippen LogP contribution in [0.5, 0.6) is 0 Å². The molecular formula is C21H36O2. The maximum absolute atomic E-state index is 11.5. The van der Waals surface area contributed by atoms with Crippen LogP contribution in [0, 0.1) is 22.7 Å². The standard InChI is InChI=1S/C21H36O2/c1-15(14-19(22)23-6)8-10-17-16(2)9-11-18-20(3,4)12-7-13-21(17,18)5/h15,18H,7-14H2,1-6H3/t15-,18-,21-/m1/s1.